The highest BCUT2D eigenvalue weighted by molar-refractivity contribution is 7.80. The molecule has 3 aromatic heterocycles. The van der Waals surface area contributed by atoms with Crippen molar-refractivity contribution in [1.29, 1.82) is 0 Å². The lowest BCUT2D eigenvalue weighted by atomic mass is 10.0. The molecule has 1 aromatic carbocycles. The van der Waals surface area contributed by atoms with Crippen LogP contribution in [0.3, 0.4) is 0 Å². The molecule has 1 aliphatic rings. The maximum atomic E-state index is 14.0. The van der Waals surface area contributed by atoms with Gasteiger partial charge in [-0.2, -0.15) is 0 Å². The molecule has 182 valence electrons. The van der Waals surface area contributed by atoms with Crippen LogP contribution < -0.4 is 10.6 Å². The van der Waals surface area contributed by atoms with Crippen molar-refractivity contribution in [1.82, 2.24) is 24.8 Å². The average Bonchev–Trinajstić information content (AvgIpc) is 3.49. The Balaban J connectivity index is 1.44. The van der Waals surface area contributed by atoms with Crippen molar-refractivity contribution in [2.24, 2.45) is 0 Å². The summed E-state index contributed by atoms with van der Waals surface area (Å²) in [5.74, 6) is -0.0856. The minimum absolute atomic E-state index is 0.113. The smallest absolute Gasteiger partial charge is 0.226 e. The first-order valence-electron chi connectivity index (χ1n) is 11.3. The van der Waals surface area contributed by atoms with Gasteiger partial charge in [0.05, 0.1) is 28.5 Å². The number of para-hydroxylation sites is 1. The Bertz CT molecular complexity index is 1380. The van der Waals surface area contributed by atoms with E-state index in [4.69, 9.17) is 23.8 Å². The summed E-state index contributed by atoms with van der Waals surface area (Å²) in [6.45, 7) is 0.319. The molecule has 2 N–H and O–H groups in total. The van der Waals surface area contributed by atoms with Crippen LogP contribution in [-0.2, 0) is 4.79 Å². The number of pyridine rings is 2. The molecule has 0 spiro atoms. The number of halogens is 2. The molecule has 0 aliphatic carbocycles. The molecule has 2 atom stereocenters. The first-order valence-corrected chi connectivity index (χ1v) is 12.1. The number of aromatic nitrogens is 3. The quantitative estimate of drug-likeness (QED) is 0.332. The molecule has 4 aromatic rings. The van der Waals surface area contributed by atoms with Gasteiger partial charge in [0, 0.05) is 37.3 Å². The van der Waals surface area contributed by atoms with Gasteiger partial charge in [0.25, 0.3) is 0 Å². The Morgan fingerprint density at radius 1 is 1.08 bits per heavy atom. The van der Waals surface area contributed by atoms with Crippen LogP contribution >= 0.6 is 23.8 Å². The summed E-state index contributed by atoms with van der Waals surface area (Å²) in [5.41, 5.74) is 1.89. The van der Waals surface area contributed by atoms with Gasteiger partial charge < -0.3 is 20.1 Å². The summed E-state index contributed by atoms with van der Waals surface area (Å²) in [6.07, 6.45) is 5.37. The van der Waals surface area contributed by atoms with Gasteiger partial charge in [0.1, 0.15) is 11.6 Å². The number of hydrogen-bond donors (Lipinski definition) is 2. The van der Waals surface area contributed by atoms with E-state index in [2.05, 4.69) is 20.6 Å². The van der Waals surface area contributed by atoms with E-state index >= 15 is 0 Å². The summed E-state index contributed by atoms with van der Waals surface area (Å²) in [4.78, 5) is 23.7. The molecular formula is C26H22ClFN6OS. The Hall–Kier alpha value is -3.82. The highest BCUT2D eigenvalue weighted by Crippen LogP contribution is 2.39. The average molecular weight is 521 g/mol. The number of carbonyl (C=O) groups is 1. The predicted octanol–water partition coefficient (Wildman–Crippen LogP) is 5.06. The SMILES string of the molecule is O=C(CCN1C(=S)N[C@H](c2ccccn2)[C@@H]1c1cccn1-c1ccc(Cl)cn1)Nc1ccccc1F. The third-order valence-corrected chi connectivity index (χ3v) is 6.54. The first kappa shape index (κ1) is 23.9. The third kappa shape index (κ3) is 4.93. The van der Waals surface area contributed by atoms with Crippen molar-refractivity contribution in [3.8, 4) is 5.82 Å². The lowest BCUT2D eigenvalue weighted by Crippen LogP contribution is -2.33. The Labute approximate surface area is 217 Å². The summed E-state index contributed by atoms with van der Waals surface area (Å²) in [7, 11) is 0. The molecule has 0 radical (unpaired) electrons. The van der Waals surface area contributed by atoms with Gasteiger partial charge in [-0.05, 0) is 60.7 Å². The van der Waals surface area contributed by atoms with Crippen LogP contribution in [-0.4, -0.2) is 37.0 Å². The molecule has 10 heteroatoms. The maximum absolute atomic E-state index is 14.0. The molecule has 0 bridgehead atoms. The number of hydrogen-bond acceptors (Lipinski definition) is 4. The van der Waals surface area contributed by atoms with Gasteiger partial charge in [-0.15, -0.1) is 0 Å². The van der Waals surface area contributed by atoms with Crippen LogP contribution in [0.15, 0.2) is 85.3 Å². The number of amides is 1. The number of nitrogens with zero attached hydrogens (tertiary/aromatic N) is 4. The second-order valence-corrected chi connectivity index (χ2v) is 9.06. The van der Waals surface area contributed by atoms with Crippen molar-refractivity contribution < 1.29 is 9.18 Å². The summed E-state index contributed by atoms with van der Waals surface area (Å²) in [6, 6.07) is 18.8. The molecule has 0 unspecified atom stereocenters. The Morgan fingerprint density at radius 3 is 2.67 bits per heavy atom. The molecule has 36 heavy (non-hydrogen) atoms. The summed E-state index contributed by atoms with van der Waals surface area (Å²) >= 11 is 11.7. The number of benzene rings is 1. The van der Waals surface area contributed by atoms with E-state index < -0.39 is 5.82 Å². The Kier molecular flexibility index (Phi) is 6.92. The van der Waals surface area contributed by atoms with E-state index in [1.165, 1.54) is 12.1 Å². The highest BCUT2D eigenvalue weighted by Gasteiger charge is 2.41. The van der Waals surface area contributed by atoms with Gasteiger partial charge in [-0.25, -0.2) is 9.37 Å². The van der Waals surface area contributed by atoms with Crippen molar-refractivity contribution >= 4 is 40.5 Å². The zero-order chi connectivity index (χ0) is 25.1. The minimum Gasteiger partial charge on any atom is -0.352 e. The van der Waals surface area contributed by atoms with E-state index in [9.17, 15) is 9.18 Å². The van der Waals surface area contributed by atoms with Gasteiger partial charge in [-0.1, -0.05) is 29.8 Å². The van der Waals surface area contributed by atoms with Gasteiger partial charge in [-0.3, -0.25) is 9.78 Å². The Morgan fingerprint density at radius 2 is 1.92 bits per heavy atom. The molecule has 1 fully saturated rings. The fourth-order valence-electron chi connectivity index (χ4n) is 4.32. The highest BCUT2D eigenvalue weighted by atomic mass is 35.5. The van der Waals surface area contributed by atoms with E-state index in [-0.39, 0.29) is 30.1 Å². The number of carbonyl (C=O) groups excluding carboxylic acids is 1. The predicted molar refractivity (Wildman–Crippen MR) is 140 cm³/mol. The van der Waals surface area contributed by atoms with Crippen LogP contribution in [0, 0.1) is 5.82 Å². The number of nitrogens with one attached hydrogen (secondary N) is 2. The number of anilines is 1. The van der Waals surface area contributed by atoms with Crippen LogP contribution in [0.2, 0.25) is 5.02 Å². The zero-order valence-corrected chi connectivity index (χ0v) is 20.6. The molecule has 7 nitrogen and oxygen atoms in total. The van der Waals surface area contributed by atoms with Gasteiger partial charge >= 0.3 is 0 Å². The minimum atomic E-state index is -0.481. The number of rotatable bonds is 7. The molecule has 5 rings (SSSR count). The second kappa shape index (κ2) is 10.4. The van der Waals surface area contributed by atoms with Gasteiger partial charge in [0.15, 0.2) is 5.11 Å². The molecule has 4 heterocycles. The zero-order valence-electron chi connectivity index (χ0n) is 19.0. The molecule has 1 saturated heterocycles. The van der Waals surface area contributed by atoms with Gasteiger partial charge in [0.2, 0.25) is 5.91 Å². The van der Waals surface area contributed by atoms with Crippen molar-refractivity contribution in [3.63, 3.8) is 0 Å². The van der Waals surface area contributed by atoms with E-state index in [0.717, 1.165) is 11.4 Å². The van der Waals surface area contributed by atoms with Crippen molar-refractivity contribution in [2.75, 3.05) is 11.9 Å². The van der Waals surface area contributed by atoms with Crippen molar-refractivity contribution in [2.45, 2.75) is 18.5 Å². The lowest BCUT2D eigenvalue weighted by molar-refractivity contribution is -0.116. The van der Waals surface area contributed by atoms with Crippen LogP contribution in [0.25, 0.3) is 5.82 Å². The molecule has 0 saturated carbocycles. The van der Waals surface area contributed by atoms with Crippen LogP contribution in [0.5, 0.6) is 0 Å². The monoisotopic (exact) mass is 520 g/mol. The van der Waals surface area contributed by atoms with Crippen molar-refractivity contribution in [3.05, 3.63) is 108 Å². The summed E-state index contributed by atoms with van der Waals surface area (Å²) < 4.78 is 16.0. The number of thiocarbonyl (C=S) groups is 1. The fourth-order valence-corrected chi connectivity index (χ4v) is 4.76. The van der Waals surface area contributed by atoms with Crippen LogP contribution in [0.4, 0.5) is 10.1 Å². The van der Waals surface area contributed by atoms with E-state index in [1.54, 1.807) is 30.6 Å². The largest absolute Gasteiger partial charge is 0.352 e. The molecular weight excluding hydrogens is 499 g/mol. The summed E-state index contributed by atoms with van der Waals surface area (Å²) in [5, 5.41) is 7.07. The standard InChI is InChI=1S/C26H22ClFN6OS/c27-17-10-11-22(30-16-17)33-14-5-9-21(33)25-24(20-8-3-4-13-29-20)32-26(36)34(25)15-12-23(35)31-19-7-2-1-6-18(19)28/h1-11,13-14,16,24-25H,12,15H2,(H,31,35)(H,32,36)/t24-,25+/m1/s1. The molecule has 1 aliphatic heterocycles. The molecule has 1 amide bonds. The lowest BCUT2D eigenvalue weighted by Gasteiger charge is -2.28. The van der Waals surface area contributed by atoms with E-state index in [1.807, 2.05) is 52.1 Å². The third-order valence-electron chi connectivity index (χ3n) is 5.97. The second-order valence-electron chi connectivity index (χ2n) is 8.24. The maximum Gasteiger partial charge on any atom is 0.226 e. The first-order chi connectivity index (χ1) is 17.5. The fraction of sp³-hybridized carbons (Fsp3) is 0.154. The normalized spacial score (nSPS) is 17.2. The topological polar surface area (TPSA) is 75.1 Å². The van der Waals surface area contributed by atoms with E-state index in [0.29, 0.717) is 22.5 Å². The van der Waals surface area contributed by atoms with Crippen LogP contribution in [0.1, 0.15) is 29.9 Å².